The summed E-state index contributed by atoms with van der Waals surface area (Å²) >= 11 is 0. The van der Waals surface area contributed by atoms with Crippen molar-refractivity contribution in [2.24, 2.45) is 57.8 Å². The van der Waals surface area contributed by atoms with Crippen LogP contribution in [0, 0.1) is 46.3 Å². The largest absolute Gasteiger partial charge is 0.507 e. The van der Waals surface area contributed by atoms with Crippen molar-refractivity contribution in [1.29, 1.82) is 0 Å². The van der Waals surface area contributed by atoms with Crippen LogP contribution in [0.2, 0.25) is 0 Å². The number of phenols is 4. The van der Waals surface area contributed by atoms with Crippen LogP contribution in [-0.2, 0) is 35.1 Å². The summed E-state index contributed by atoms with van der Waals surface area (Å²) in [6.07, 6.45) is 6.46. The predicted molar refractivity (Wildman–Crippen MR) is 242 cm³/mol. The van der Waals surface area contributed by atoms with Gasteiger partial charge in [-0.2, -0.15) is 0 Å². The zero-order valence-electron chi connectivity index (χ0n) is 38.9. The minimum Gasteiger partial charge on any atom is -0.507 e. The van der Waals surface area contributed by atoms with Gasteiger partial charge in [-0.05, 0) is 123 Å². The fourth-order valence-corrected chi connectivity index (χ4v) is 12.9. The van der Waals surface area contributed by atoms with E-state index in [2.05, 4.69) is 33.0 Å². The van der Waals surface area contributed by atoms with Crippen molar-refractivity contribution in [3.63, 3.8) is 0 Å². The number of fused-ring (bicyclic) bond motifs is 5. The van der Waals surface area contributed by atoms with E-state index in [4.69, 9.17) is 20.9 Å². The first-order valence-electron chi connectivity index (χ1n) is 23.6. The summed E-state index contributed by atoms with van der Waals surface area (Å²) in [4.78, 5) is 76.5. The van der Waals surface area contributed by atoms with Crippen molar-refractivity contribution in [1.82, 2.24) is 0 Å². The number of hydrogen-bond acceptors (Lipinski definition) is 13. The maximum atomic E-state index is 13.8. The Kier molecular flexibility index (Phi) is 15.0. The van der Waals surface area contributed by atoms with Crippen LogP contribution in [0.25, 0.3) is 0 Å². The third kappa shape index (κ3) is 10.4. The number of amides is 3. The zero-order valence-corrected chi connectivity index (χ0v) is 38.9. The highest BCUT2D eigenvalue weighted by molar-refractivity contribution is 6.03. The number of aliphatic hydroxyl groups is 1. The summed E-state index contributed by atoms with van der Waals surface area (Å²) in [5.74, 6) is -5.43. The molecule has 2 aromatic rings. The highest BCUT2D eigenvalue weighted by atomic mass is 16.6. The molecule has 10 atom stereocenters. The lowest BCUT2D eigenvalue weighted by molar-refractivity contribution is -0.201. The molecule has 0 aliphatic heterocycles. The first kappa shape index (κ1) is 50.0. The molecule has 3 amide bonds. The molecular formula is C50H69N3O13. The second-order valence-corrected chi connectivity index (χ2v) is 20.8. The molecule has 16 heteroatoms. The van der Waals surface area contributed by atoms with Crippen LogP contribution < -0.4 is 16.8 Å². The van der Waals surface area contributed by atoms with E-state index in [1.165, 1.54) is 12.1 Å². The highest BCUT2D eigenvalue weighted by Gasteiger charge is 2.64. The predicted octanol–water partition coefficient (Wildman–Crippen LogP) is 6.69. The first-order valence-corrected chi connectivity index (χ1v) is 23.6. The minimum absolute atomic E-state index is 0.0851. The van der Waals surface area contributed by atoms with Gasteiger partial charge in [-0.15, -0.1) is 0 Å². The molecule has 4 aliphatic rings. The Morgan fingerprint density at radius 3 is 2.03 bits per heavy atom. The summed E-state index contributed by atoms with van der Waals surface area (Å²) in [6, 6.07) is 4.78. The zero-order chi connectivity index (χ0) is 48.5. The fourth-order valence-electron chi connectivity index (χ4n) is 12.9. The molecule has 4 unspecified atom stereocenters. The summed E-state index contributed by atoms with van der Waals surface area (Å²) in [5, 5.41) is 55.3. The average molecular weight is 920 g/mol. The monoisotopic (exact) mass is 919 g/mol. The van der Waals surface area contributed by atoms with Crippen molar-refractivity contribution < 1.29 is 63.8 Å². The number of aromatic hydroxyl groups is 4. The van der Waals surface area contributed by atoms with E-state index >= 15 is 0 Å². The molecule has 2 aromatic carbocycles. The summed E-state index contributed by atoms with van der Waals surface area (Å²) in [7, 11) is 0. The molecule has 6 rings (SSSR count). The maximum absolute atomic E-state index is 13.8. The number of benzene rings is 2. The van der Waals surface area contributed by atoms with Crippen LogP contribution >= 0.6 is 0 Å². The number of hydrogen-bond donors (Lipinski definition) is 8. The summed E-state index contributed by atoms with van der Waals surface area (Å²) < 4.78 is 12.4. The lowest BCUT2D eigenvalue weighted by atomic mass is 9.43. The van der Waals surface area contributed by atoms with Crippen molar-refractivity contribution in [2.75, 3.05) is 5.32 Å². The number of ether oxygens (including phenoxy) is 2. The van der Waals surface area contributed by atoms with E-state index in [1.807, 2.05) is 6.92 Å². The van der Waals surface area contributed by atoms with E-state index in [0.717, 1.165) is 57.1 Å². The lowest BCUT2D eigenvalue weighted by Crippen LogP contribution is -2.60. The number of carbonyl (C=O) groups excluding carboxylic acids is 6. The van der Waals surface area contributed by atoms with Crippen LogP contribution in [0.4, 0.5) is 5.69 Å². The Morgan fingerprint density at radius 1 is 0.758 bits per heavy atom. The Bertz CT molecular complexity index is 2210. The van der Waals surface area contributed by atoms with Crippen LogP contribution in [0.3, 0.4) is 0 Å². The smallest absolute Gasteiger partial charge is 0.306 e. The molecular weight excluding hydrogens is 851 g/mol. The molecule has 66 heavy (non-hydrogen) atoms. The number of ketones is 1. The van der Waals surface area contributed by atoms with Gasteiger partial charge in [0.25, 0.3) is 11.8 Å². The highest BCUT2D eigenvalue weighted by Crippen LogP contribution is 2.69. The molecule has 0 radical (unpaired) electrons. The number of nitrogens with two attached hydrogens (primary N) is 2. The van der Waals surface area contributed by atoms with Crippen LogP contribution in [0.1, 0.15) is 157 Å². The van der Waals surface area contributed by atoms with Gasteiger partial charge in [-0.25, -0.2) is 0 Å². The SMILES string of the molecule is CC(C)CCC[C@](C)(O)C1CCC2C3C[C@H](OC(=O)CCC(=O)Nc4ccc(O)c(C(N)=O)c4O)[C@H]4C[C@@H](OC(=O)CCC(=O)Cc5ccc(O)c(C(N)=O)c5O)CC[C@]4(C)C3CC[C@@]21C. The Morgan fingerprint density at radius 2 is 1.36 bits per heavy atom. The molecule has 0 aromatic heterocycles. The van der Waals surface area contributed by atoms with E-state index in [1.54, 1.807) is 0 Å². The molecule has 0 heterocycles. The van der Waals surface area contributed by atoms with Gasteiger partial charge in [-0.1, -0.05) is 46.6 Å². The van der Waals surface area contributed by atoms with Crippen molar-refractivity contribution in [2.45, 2.75) is 155 Å². The molecule has 4 fully saturated rings. The van der Waals surface area contributed by atoms with Gasteiger partial charge < -0.3 is 51.8 Å². The lowest BCUT2D eigenvalue weighted by Gasteiger charge is -2.63. The van der Waals surface area contributed by atoms with Crippen molar-refractivity contribution in [3.05, 3.63) is 41.0 Å². The van der Waals surface area contributed by atoms with Gasteiger partial charge in [-0.3, -0.25) is 28.8 Å². The third-order valence-electron chi connectivity index (χ3n) is 16.1. The summed E-state index contributed by atoms with van der Waals surface area (Å²) in [6.45, 7) is 11.0. The third-order valence-corrected chi connectivity index (χ3v) is 16.1. The molecule has 0 spiro atoms. The van der Waals surface area contributed by atoms with Gasteiger partial charge in [0.05, 0.1) is 24.1 Å². The maximum Gasteiger partial charge on any atom is 0.306 e. The van der Waals surface area contributed by atoms with Gasteiger partial charge in [0, 0.05) is 30.7 Å². The molecule has 4 aliphatic carbocycles. The minimum atomic E-state index is -1.09. The average Bonchev–Trinajstić information content (AvgIpc) is 3.60. The Labute approximate surface area is 386 Å². The number of nitrogens with one attached hydrogen (secondary N) is 1. The van der Waals surface area contributed by atoms with Crippen molar-refractivity contribution >= 4 is 41.1 Å². The van der Waals surface area contributed by atoms with Gasteiger partial charge >= 0.3 is 11.9 Å². The summed E-state index contributed by atoms with van der Waals surface area (Å²) in [5.41, 5.74) is 8.23. The van der Waals surface area contributed by atoms with E-state index in [9.17, 15) is 54.3 Å². The molecule has 10 N–H and O–H groups in total. The molecule has 16 nitrogen and oxygen atoms in total. The van der Waals surface area contributed by atoms with Crippen molar-refractivity contribution in [3.8, 4) is 23.0 Å². The van der Waals surface area contributed by atoms with E-state index < -0.39 is 87.4 Å². The Balaban J connectivity index is 1.15. The topological polar surface area (TPSA) is 286 Å². The molecule has 0 saturated heterocycles. The number of primary amides is 2. The molecule has 362 valence electrons. The van der Waals surface area contributed by atoms with Crippen LogP contribution in [0.5, 0.6) is 23.0 Å². The number of carbonyl (C=O) groups is 6. The number of Topliss-reactive ketones (excluding diaryl/α,β-unsaturated/α-hetero) is 1. The van der Waals surface area contributed by atoms with E-state index in [-0.39, 0.29) is 71.9 Å². The first-order chi connectivity index (χ1) is 31.0. The van der Waals surface area contributed by atoms with Crippen LogP contribution in [-0.4, -0.2) is 78.8 Å². The Hall–Kier alpha value is -5.38. The fraction of sp³-hybridized carbons (Fsp3) is 0.640. The number of rotatable bonds is 18. The quantitative estimate of drug-likeness (QED) is 0.0440. The molecule has 4 saturated carbocycles. The van der Waals surface area contributed by atoms with Gasteiger partial charge in [0.2, 0.25) is 5.91 Å². The normalized spacial score (nSPS) is 28.8. The molecule has 0 bridgehead atoms. The second kappa shape index (κ2) is 19.8. The van der Waals surface area contributed by atoms with Gasteiger partial charge in [0.15, 0.2) is 5.75 Å². The van der Waals surface area contributed by atoms with Gasteiger partial charge in [0.1, 0.15) is 46.4 Å². The van der Waals surface area contributed by atoms with E-state index in [0.29, 0.717) is 43.4 Å². The van der Waals surface area contributed by atoms with Crippen LogP contribution in [0.15, 0.2) is 24.3 Å². The number of anilines is 1. The number of esters is 2. The standard InChI is InChI=1S/C50H69N3O13/c1-26(2)7-6-20-50(5,64)38-14-10-31-30-25-37(66-41(59)17-15-39(57)53-34-11-13-36(56)43(45(34)61)47(52)63)33-24-29(18-21-48(33,3)32(30)19-22-49(31,38)4)65-40(58)16-9-28(54)23-27-8-12-35(55)42(44(27)60)46(51)62/h8,11-13,26,29-33,37-38,55-56,60-61,64H,6-7,9-10,14-25H2,1-5H3,(H2,51,62)(H2,52,63)(H,53,57)/t29-,30?,31?,32?,33+,37-,38?,48+,49-,50-/m0/s1. The second-order valence-electron chi connectivity index (χ2n) is 20.8.